The van der Waals surface area contributed by atoms with E-state index in [9.17, 15) is 18.0 Å². The molecule has 0 bridgehead atoms. The van der Waals surface area contributed by atoms with E-state index < -0.39 is 28.4 Å². The van der Waals surface area contributed by atoms with Gasteiger partial charge >= 0.3 is 5.97 Å². The highest BCUT2D eigenvalue weighted by Gasteiger charge is 2.25. The van der Waals surface area contributed by atoms with Crippen molar-refractivity contribution in [2.75, 3.05) is 32.9 Å². The molecule has 8 nitrogen and oxygen atoms in total. The van der Waals surface area contributed by atoms with Crippen LogP contribution in [0, 0.1) is 0 Å². The number of rotatable bonds is 8. The first-order valence-electron chi connectivity index (χ1n) is 9.67. The molecule has 0 spiro atoms. The molecule has 1 aliphatic heterocycles. The van der Waals surface area contributed by atoms with Gasteiger partial charge in [0.1, 0.15) is 13.2 Å². The van der Waals surface area contributed by atoms with Crippen LogP contribution in [0.4, 0.5) is 0 Å². The lowest BCUT2D eigenvalue weighted by atomic mass is 10.1. The van der Waals surface area contributed by atoms with Gasteiger partial charge in [0.25, 0.3) is 0 Å². The summed E-state index contributed by atoms with van der Waals surface area (Å²) in [6.45, 7) is 4.27. The SMILES string of the molecule is CCN(CC)S(=O)(=O)c1ccc(Cl)c(C(=O)OCC(=O)c2ccc3c(c2)OCCO3)c1. The van der Waals surface area contributed by atoms with Gasteiger partial charge in [-0.25, -0.2) is 13.2 Å². The van der Waals surface area contributed by atoms with Crippen molar-refractivity contribution in [2.45, 2.75) is 18.7 Å². The second kappa shape index (κ2) is 9.67. The first-order chi connectivity index (χ1) is 14.8. The van der Waals surface area contributed by atoms with Crippen molar-refractivity contribution in [3.05, 3.63) is 52.5 Å². The molecule has 0 unspecified atom stereocenters. The monoisotopic (exact) mass is 467 g/mol. The quantitative estimate of drug-likeness (QED) is 0.434. The van der Waals surface area contributed by atoms with Gasteiger partial charge in [0.15, 0.2) is 23.9 Å². The third-order valence-corrected chi connectivity index (χ3v) is 7.07. The Bertz CT molecular complexity index is 1100. The molecule has 0 N–H and O–H groups in total. The van der Waals surface area contributed by atoms with Crippen LogP contribution in [0.1, 0.15) is 34.6 Å². The van der Waals surface area contributed by atoms with Crippen LogP contribution in [0.2, 0.25) is 5.02 Å². The van der Waals surface area contributed by atoms with Crippen LogP contribution in [-0.4, -0.2) is 57.4 Å². The molecular weight excluding hydrogens is 446 g/mol. The summed E-state index contributed by atoms with van der Waals surface area (Å²) in [6, 6.07) is 8.49. The van der Waals surface area contributed by atoms with Gasteiger partial charge in [0, 0.05) is 18.7 Å². The summed E-state index contributed by atoms with van der Waals surface area (Å²) in [4.78, 5) is 24.9. The Morgan fingerprint density at radius 2 is 1.71 bits per heavy atom. The summed E-state index contributed by atoms with van der Waals surface area (Å²) < 4.78 is 42.6. The Morgan fingerprint density at radius 1 is 1.03 bits per heavy atom. The number of ketones is 1. The van der Waals surface area contributed by atoms with E-state index in [0.717, 1.165) is 6.07 Å². The van der Waals surface area contributed by atoms with Crippen molar-refractivity contribution in [1.82, 2.24) is 4.31 Å². The van der Waals surface area contributed by atoms with E-state index >= 15 is 0 Å². The van der Waals surface area contributed by atoms with Gasteiger partial charge in [0.05, 0.1) is 15.5 Å². The van der Waals surface area contributed by atoms with E-state index in [2.05, 4.69) is 0 Å². The van der Waals surface area contributed by atoms with Gasteiger partial charge in [-0.05, 0) is 36.4 Å². The smallest absolute Gasteiger partial charge is 0.340 e. The molecule has 166 valence electrons. The summed E-state index contributed by atoms with van der Waals surface area (Å²) in [5.74, 6) is -0.362. The maximum absolute atomic E-state index is 12.7. The number of sulfonamides is 1. The summed E-state index contributed by atoms with van der Waals surface area (Å²) in [6.07, 6.45) is 0. The van der Waals surface area contributed by atoms with Crippen molar-refractivity contribution in [3.8, 4) is 11.5 Å². The molecule has 0 aliphatic carbocycles. The number of nitrogens with zero attached hydrogens (tertiary/aromatic N) is 1. The van der Waals surface area contributed by atoms with Crippen molar-refractivity contribution in [3.63, 3.8) is 0 Å². The minimum atomic E-state index is -3.78. The zero-order valence-corrected chi connectivity index (χ0v) is 18.7. The van der Waals surface area contributed by atoms with Crippen LogP contribution >= 0.6 is 11.6 Å². The van der Waals surface area contributed by atoms with E-state index in [4.69, 9.17) is 25.8 Å². The topological polar surface area (TPSA) is 99.2 Å². The molecule has 10 heteroatoms. The molecule has 0 saturated carbocycles. The number of Topliss-reactive ketones (excluding diaryl/α,β-unsaturated/α-hetero) is 1. The van der Waals surface area contributed by atoms with E-state index in [1.54, 1.807) is 26.0 Å². The zero-order chi connectivity index (χ0) is 22.6. The second-order valence-electron chi connectivity index (χ2n) is 6.59. The van der Waals surface area contributed by atoms with Crippen LogP contribution in [0.3, 0.4) is 0 Å². The average Bonchev–Trinajstić information content (AvgIpc) is 2.77. The number of fused-ring (bicyclic) bond motifs is 1. The number of esters is 1. The van der Waals surface area contributed by atoms with E-state index in [1.165, 1.54) is 22.5 Å². The van der Waals surface area contributed by atoms with Crippen LogP contribution in [0.15, 0.2) is 41.3 Å². The lowest BCUT2D eigenvalue weighted by Gasteiger charge is -2.19. The highest BCUT2D eigenvalue weighted by molar-refractivity contribution is 7.89. The lowest BCUT2D eigenvalue weighted by Crippen LogP contribution is -2.30. The first-order valence-corrected chi connectivity index (χ1v) is 11.5. The van der Waals surface area contributed by atoms with Gasteiger partial charge in [0.2, 0.25) is 10.0 Å². The number of halogens is 1. The summed E-state index contributed by atoms with van der Waals surface area (Å²) >= 11 is 6.08. The molecule has 3 rings (SSSR count). The molecule has 0 aromatic heterocycles. The number of hydrogen-bond acceptors (Lipinski definition) is 7. The van der Waals surface area contributed by atoms with Crippen molar-refractivity contribution in [1.29, 1.82) is 0 Å². The number of carbonyl (C=O) groups excluding carboxylic acids is 2. The largest absolute Gasteiger partial charge is 0.486 e. The molecule has 2 aromatic rings. The second-order valence-corrected chi connectivity index (χ2v) is 8.93. The van der Waals surface area contributed by atoms with Gasteiger partial charge in [-0.2, -0.15) is 4.31 Å². The van der Waals surface area contributed by atoms with Gasteiger partial charge in [-0.1, -0.05) is 25.4 Å². The zero-order valence-electron chi connectivity index (χ0n) is 17.1. The first kappa shape index (κ1) is 23.1. The van der Waals surface area contributed by atoms with E-state index in [1.807, 2.05) is 0 Å². The predicted molar refractivity (Wildman–Crippen MR) is 114 cm³/mol. The number of hydrogen-bond donors (Lipinski definition) is 0. The molecule has 0 saturated heterocycles. The summed E-state index contributed by atoms with van der Waals surface area (Å²) in [5.41, 5.74) is 0.158. The van der Waals surface area contributed by atoms with Crippen LogP contribution in [0.25, 0.3) is 0 Å². The molecule has 0 atom stereocenters. The molecular formula is C21H22ClNO7S. The van der Waals surface area contributed by atoms with Crippen LogP contribution in [0.5, 0.6) is 11.5 Å². The fourth-order valence-electron chi connectivity index (χ4n) is 3.04. The number of ether oxygens (including phenoxy) is 3. The van der Waals surface area contributed by atoms with Gasteiger partial charge in [-0.15, -0.1) is 0 Å². The van der Waals surface area contributed by atoms with Gasteiger partial charge < -0.3 is 14.2 Å². The standard InChI is InChI=1S/C21H22ClNO7S/c1-3-23(4-2)31(26,27)15-6-7-17(22)16(12-15)21(25)30-13-18(24)14-5-8-19-20(11-14)29-10-9-28-19/h5-8,11-12H,3-4,9-10,13H2,1-2H3. The maximum Gasteiger partial charge on any atom is 0.340 e. The molecule has 1 aliphatic rings. The summed E-state index contributed by atoms with van der Waals surface area (Å²) in [5, 5.41) is 0.0234. The van der Waals surface area contributed by atoms with Crippen molar-refractivity contribution in [2.24, 2.45) is 0 Å². The number of benzene rings is 2. The number of carbonyl (C=O) groups is 2. The molecule has 31 heavy (non-hydrogen) atoms. The normalized spacial score (nSPS) is 13.2. The molecule has 0 radical (unpaired) electrons. The Labute approximate surface area is 185 Å². The predicted octanol–water partition coefficient (Wildman–Crippen LogP) is 3.18. The molecule has 1 heterocycles. The fourth-order valence-corrected chi connectivity index (χ4v) is 4.72. The third kappa shape index (κ3) is 5.00. The van der Waals surface area contributed by atoms with Crippen LogP contribution in [-0.2, 0) is 14.8 Å². The molecule has 2 aromatic carbocycles. The maximum atomic E-state index is 12.7. The van der Waals surface area contributed by atoms with E-state index in [0.29, 0.717) is 30.3 Å². The minimum Gasteiger partial charge on any atom is -0.486 e. The Morgan fingerprint density at radius 3 is 2.39 bits per heavy atom. The molecule has 0 fully saturated rings. The summed E-state index contributed by atoms with van der Waals surface area (Å²) in [7, 11) is -3.78. The molecule has 0 amide bonds. The highest BCUT2D eigenvalue weighted by Crippen LogP contribution is 2.31. The van der Waals surface area contributed by atoms with Gasteiger partial charge in [-0.3, -0.25) is 4.79 Å². The highest BCUT2D eigenvalue weighted by atomic mass is 35.5. The lowest BCUT2D eigenvalue weighted by molar-refractivity contribution is 0.0474. The van der Waals surface area contributed by atoms with Crippen LogP contribution < -0.4 is 9.47 Å². The van der Waals surface area contributed by atoms with Crippen molar-refractivity contribution < 1.29 is 32.2 Å². The minimum absolute atomic E-state index is 0.0234. The van der Waals surface area contributed by atoms with E-state index in [-0.39, 0.29) is 28.6 Å². The van der Waals surface area contributed by atoms with Crippen molar-refractivity contribution >= 4 is 33.4 Å². The Balaban J connectivity index is 1.74. The third-order valence-electron chi connectivity index (χ3n) is 4.70. The average molecular weight is 468 g/mol. The Kier molecular flexibility index (Phi) is 7.19. The Hall–Kier alpha value is -2.62. The fraction of sp³-hybridized carbons (Fsp3) is 0.333.